The van der Waals surface area contributed by atoms with Crippen LogP contribution in [0.4, 0.5) is 5.69 Å². The number of nitrogens with zero attached hydrogens (tertiary/aromatic N) is 1. The zero-order valence-electron chi connectivity index (χ0n) is 25.8. The molecule has 12 heteroatoms. The Kier molecular flexibility index (Phi) is 7.65. The number of fused-ring (bicyclic) bond motifs is 3. The van der Waals surface area contributed by atoms with Crippen LogP contribution in [0.3, 0.4) is 0 Å². The monoisotopic (exact) mass is 639 g/mol. The molecule has 0 unspecified atom stereocenters. The molecule has 0 bridgehead atoms. The van der Waals surface area contributed by atoms with Gasteiger partial charge in [-0.25, -0.2) is 0 Å². The largest absolute Gasteiger partial charge is 0.508 e. The van der Waals surface area contributed by atoms with Crippen LogP contribution in [0.25, 0.3) is 16.9 Å². The van der Waals surface area contributed by atoms with Gasteiger partial charge in [-0.05, 0) is 92.0 Å². The number of nitrogens with one attached hydrogen (secondary N) is 1. The fourth-order valence-corrected chi connectivity index (χ4v) is 7.19. The second kappa shape index (κ2) is 11.4. The van der Waals surface area contributed by atoms with E-state index in [2.05, 4.69) is 5.32 Å². The summed E-state index contributed by atoms with van der Waals surface area (Å²) < 4.78 is 5.14. The fourth-order valence-electron chi connectivity index (χ4n) is 7.19. The number of nitrogens with two attached hydrogens (primary N) is 1. The molecule has 0 aromatic heterocycles. The first-order chi connectivity index (χ1) is 22.3. The number of methoxy groups -OCH3 is 1. The number of hydrogen-bond acceptors (Lipinski definition) is 10. The minimum absolute atomic E-state index is 0.00401. The molecule has 0 spiro atoms. The number of hydrogen-bond donors (Lipinski definition) is 6. The van der Waals surface area contributed by atoms with Gasteiger partial charge in [0.25, 0.3) is 11.8 Å². The number of ether oxygens (including phenoxy) is 1. The van der Waals surface area contributed by atoms with E-state index in [0.717, 1.165) is 0 Å². The van der Waals surface area contributed by atoms with Gasteiger partial charge in [0.1, 0.15) is 28.6 Å². The Balaban J connectivity index is 1.38. The van der Waals surface area contributed by atoms with Crippen LogP contribution in [0.5, 0.6) is 11.5 Å². The molecule has 0 saturated heterocycles. The lowest BCUT2D eigenvalue weighted by Crippen LogP contribution is -2.65. The molecule has 3 aliphatic carbocycles. The van der Waals surface area contributed by atoms with Crippen LogP contribution < -0.4 is 15.8 Å². The first-order valence-corrected chi connectivity index (χ1v) is 14.8. The molecule has 4 atom stereocenters. The molecule has 0 radical (unpaired) electrons. The van der Waals surface area contributed by atoms with E-state index >= 15 is 0 Å². The number of Topliss-reactive ketones (excluding diaryl/α,β-unsaturated/α-hetero) is 2. The van der Waals surface area contributed by atoms with E-state index in [4.69, 9.17) is 10.5 Å². The van der Waals surface area contributed by atoms with Crippen molar-refractivity contribution in [3.8, 4) is 22.6 Å². The van der Waals surface area contributed by atoms with Crippen LogP contribution in [-0.2, 0) is 20.8 Å². The number of anilines is 1. The van der Waals surface area contributed by atoms with Gasteiger partial charge in [0.2, 0.25) is 5.78 Å². The third-order valence-corrected chi connectivity index (χ3v) is 9.41. The maximum absolute atomic E-state index is 14.0. The SMILES string of the molecule is COc1ccc(C(=O)Nc2ccc(-c3ccc(O)c4c3C[C@@H]3C[C@@H]5[C@@H](N(C)C)C(=O)C(C(N)=O)=C(O)[C@]5(O)C(=O)C3=C4O)cc2)cc1. The maximum Gasteiger partial charge on any atom is 0.255 e. The van der Waals surface area contributed by atoms with Gasteiger partial charge < -0.3 is 36.2 Å². The first-order valence-electron chi connectivity index (χ1n) is 14.8. The summed E-state index contributed by atoms with van der Waals surface area (Å²) in [4.78, 5) is 53.8. The maximum atomic E-state index is 14.0. The highest BCUT2D eigenvalue weighted by Crippen LogP contribution is 2.53. The average Bonchev–Trinajstić information content (AvgIpc) is 3.03. The third-order valence-electron chi connectivity index (χ3n) is 9.41. The van der Waals surface area contributed by atoms with Crippen LogP contribution in [0.2, 0.25) is 0 Å². The summed E-state index contributed by atoms with van der Waals surface area (Å²) in [6, 6.07) is 15.5. The molecule has 47 heavy (non-hydrogen) atoms. The van der Waals surface area contributed by atoms with E-state index in [0.29, 0.717) is 33.7 Å². The highest BCUT2D eigenvalue weighted by Gasteiger charge is 2.64. The molecular weight excluding hydrogens is 606 g/mol. The molecule has 1 saturated carbocycles. The van der Waals surface area contributed by atoms with Crippen molar-refractivity contribution in [2.24, 2.45) is 17.6 Å². The highest BCUT2D eigenvalue weighted by atomic mass is 16.5. The molecule has 0 aliphatic heterocycles. The van der Waals surface area contributed by atoms with Crippen molar-refractivity contribution in [1.82, 2.24) is 4.90 Å². The summed E-state index contributed by atoms with van der Waals surface area (Å²) >= 11 is 0. The predicted octanol–water partition coefficient (Wildman–Crippen LogP) is 2.89. The van der Waals surface area contributed by atoms with E-state index in [1.54, 1.807) is 68.7 Å². The number of primary amides is 1. The summed E-state index contributed by atoms with van der Waals surface area (Å²) in [5.41, 5.74) is 4.45. The summed E-state index contributed by atoms with van der Waals surface area (Å²) in [5, 5.41) is 48.0. The van der Waals surface area contributed by atoms with Gasteiger partial charge in [-0.2, -0.15) is 0 Å². The average molecular weight is 640 g/mol. The lowest BCUT2D eigenvalue weighted by atomic mass is 9.57. The molecular formula is C35H33N3O9. The van der Waals surface area contributed by atoms with E-state index in [1.807, 2.05) is 0 Å². The molecule has 6 rings (SSSR count). The second-order valence-corrected chi connectivity index (χ2v) is 12.2. The Bertz CT molecular complexity index is 1910. The Morgan fingerprint density at radius 1 is 0.979 bits per heavy atom. The predicted molar refractivity (Wildman–Crippen MR) is 171 cm³/mol. The molecule has 7 N–H and O–H groups in total. The number of carbonyl (C=O) groups is 4. The van der Waals surface area contributed by atoms with Gasteiger partial charge in [0.15, 0.2) is 11.4 Å². The van der Waals surface area contributed by atoms with Crippen LogP contribution >= 0.6 is 0 Å². The Labute approximate surface area is 269 Å². The molecule has 3 aromatic carbocycles. The van der Waals surface area contributed by atoms with E-state index < -0.39 is 58.0 Å². The number of aliphatic hydroxyl groups is 3. The summed E-state index contributed by atoms with van der Waals surface area (Å²) in [6.07, 6.45) is 0.130. The zero-order chi connectivity index (χ0) is 33.9. The van der Waals surface area contributed by atoms with Gasteiger partial charge in [-0.15, -0.1) is 0 Å². The minimum atomic E-state index is -2.70. The van der Waals surface area contributed by atoms with Gasteiger partial charge in [-0.1, -0.05) is 18.2 Å². The van der Waals surface area contributed by atoms with Crippen molar-refractivity contribution in [3.63, 3.8) is 0 Å². The molecule has 242 valence electrons. The molecule has 0 heterocycles. The smallest absolute Gasteiger partial charge is 0.255 e. The number of amides is 2. The number of phenols is 1. The number of benzene rings is 3. The number of carbonyl (C=O) groups excluding carboxylic acids is 4. The molecule has 2 amide bonds. The molecule has 3 aromatic rings. The minimum Gasteiger partial charge on any atom is -0.508 e. The van der Waals surface area contributed by atoms with Crippen molar-refractivity contribution >= 4 is 34.8 Å². The lowest BCUT2D eigenvalue weighted by molar-refractivity contribution is -0.153. The van der Waals surface area contributed by atoms with Crippen molar-refractivity contribution in [2.75, 3.05) is 26.5 Å². The first kappa shape index (κ1) is 31.5. The Morgan fingerprint density at radius 3 is 2.23 bits per heavy atom. The third kappa shape index (κ3) is 4.84. The van der Waals surface area contributed by atoms with Crippen molar-refractivity contribution in [3.05, 3.63) is 94.3 Å². The van der Waals surface area contributed by atoms with Gasteiger partial charge in [-0.3, -0.25) is 24.1 Å². The number of rotatable bonds is 6. The van der Waals surface area contributed by atoms with E-state index in [-0.39, 0.29) is 35.6 Å². The fraction of sp³-hybridized carbons (Fsp3) is 0.257. The summed E-state index contributed by atoms with van der Waals surface area (Å²) in [6.45, 7) is 0. The van der Waals surface area contributed by atoms with Gasteiger partial charge in [0, 0.05) is 22.7 Å². The van der Waals surface area contributed by atoms with E-state index in [1.165, 1.54) is 18.1 Å². The van der Waals surface area contributed by atoms with Crippen LogP contribution in [0, 0.1) is 11.8 Å². The highest BCUT2D eigenvalue weighted by molar-refractivity contribution is 6.24. The van der Waals surface area contributed by atoms with Gasteiger partial charge >= 0.3 is 0 Å². The number of likely N-dealkylation sites (N-methyl/N-ethyl adjacent to an activating group) is 1. The normalized spacial score (nSPS) is 23.6. The van der Waals surface area contributed by atoms with E-state index in [9.17, 15) is 39.6 Å². The standard InChI is InChI=1S/C35H33N3O9/c1-38(2)28-23-15-18-14-22-21(16-4-8-19(9-5-16)37-34(45)17-6-10-20(47-3)11-7-17)12-13-24(39)26(22)29(40)25(18)31(42)35(23,46)32(43)27(30(28)41)33(36)44/h4-13,18,23,28,39-40,43,46H,14-15H2,1-3H3,(H2,36,44)(H,37,45)/t18-,23-,28-,35-/m1/s1. The molecule has 1 fully saturated rings. The lowest BCUT2D eigenvalue weighted by Gasteiger charge is -2.50. The quantitative estimate of drug-likeness (QED) is 0.218. The number of aromatic hydroxyl groups is 1. The van der Waals surface area contributed by atoms with Crippen molar-refractivity contribution in [1.29, 1.82) is 0 Å². The van der Waals surface area contributed by atoms with Gasteiger partial charge in [0.05, 0.1) is 18.7 Å². The van der Waals surface area contributed by atoms with Crippen LogP contribution in [0.1, 0.15) is 27.9 Å². The zero-order valence-corrected chi connectivity index (χ0v) is 25.8. The van der Waals surface area contributed by atoms with Crippen molar-refractivity contribution in [2.45, 2.75) is 24.5 Å². The molecule has 3 aliphatic rings. The van der Waals surface area contributed by atoms with Crippen LogP contribution in [-0.4, -0.2) is 81.6 Å². The summed E-state index contributed by atoms with van der Waals surface area (Å²) in [7, 11) is 4.64. The summed E-state index contributed by atoms with van der Waals surface area (Å²) in [5.74, 6) is -6.74. The topological polar surface area (TPSA) is 200 Å². The Hall–Kier alpha value is -5.46. The van der Waals surface area contributed by atoms with Crippen LogP contribution in [0.15, 0.2) is 77.6 Å². The number of phenolic OH excluding ortho intramolecular Hbond substituents is 1. The van der Waals surface area contributed by atoms with Crippen molar-refractivity contribution < 1.29 is 44.3 Å². The number of ketones is 2. The second-order valence-electron chi connectivity index (χ2n) is 12.2. The molecule has 12 nitrogen and oxygen atoms in total. The Morgan fingerprint density at radius 2 is 1.64 bits per heavy atom. The number of aliphatic hydroxyl groups excluding tert-OH is 2.